The number of rotatable bonds is 4. The molecular weight excluding hydrogens is 372 g/mol. The summed E-state index contributed by atoms with van der Waals surface area (Å²) in [6.07, 6.45) is 0. The molecule has 0 atom stereocenters. The van der Waals surface area contributed by atoms with Crippen LogP contribution in [0.3, 0.4) is 0 Å². The molecule has 1 amide bonds. The van der Waals surface area contributed by atoms with Crippen molar-refractivity contribution in [3.05, 3.63) is 50.6 Å². The summed E-state index contributed by atoms with van der Waals surface area (Å²) in [5.41, 5.74) is 0.423. The molecule has 2 aromatic rings. The van der Waals surface area contributed by atoms with E-state index >= 15 is 0 Å². The van der Waals surface area contributed by atoms with Crippen LogP contribution in [0.1, 0.15) is 15.2 Å². The molecule has 0 radical (unpaired) electrons. The van der Waals surface area contributed by atoms with Gasteiger partial charge in [-0.3, -0.25) is 10.1 Å². The number of carbonyl (C=O) groups excluding carboxylic acids is 1. The summed E-state index contributed by atoms with van der Waals surface area (Å²) in [4.78, 5) is 13.4. The third-order valence-corrected chi connectivity index (χ3v) is 4.25. The van der Waals surface area contributed by atoms with Crippen LogP contribution >= 0.6 is 39.5 Å². The minimum absolute atomic E-state index is 0.287. The zero-order chi connectivity index (χ0) is 15.2. The van der Waals surface area contributed by atoms with Crippen molar-refractivity contribution < 1.29 is 9.53 Å². The van der Waals surface area contributed by atoms with E-state index in [-0.39, 0.29) is 11.0 Å². The molecule has 0 saturated heterocycles. The molecular formula is C14H13BrN2O2S2. The average molecular weight is 385 g/mol. The lowest BCUT2D eigenvalue weighted by Crippen LogP contribution is -2.38. The molecule has 1 aromatic heterocycles. The van der Waals surface area contributed by atoms with Crippen molar-refractivity contribution >= 4 is 50.5 Å². The van der Waals surface area contributed by atoms with Gasteiger partial charge in [-0.15, -0.1) is 11.3 Å². The number of carbonyl (C=O) groups is 1. The van der Waals surface area contributed by atoms with Crippen molar-refractivity contribution in [2.24, 2.45) is 0 Å². The predicted octanol–water partition coefficient (Wildman–Crippen LogP) is 3.32. The Bertz CT molecular complexity index is 644. The Morgan fingerprint density at radius 3 is 2.90 bits per heavy atom. The molecule has 4 nitrogen and oxygen atoms in total. The van der Waals surface area contributed by atoms with Crippen molar-refractivity contribution in [3.8, 4) is 5.75 Å². The summed E-state index contributed by atoms with van der Waals surface area (Å²) >= 11 is 10.1. The normalized spacial score (nSPS) is 10.0. The first-order valence-corrected chi connectivity index (χ1v) is 8.13. The number of benzene rings is 1. The van der Waals surface area contributed by atoms with Crippen LogP contribution in [-0.4, -0.2) is 18.1 Å². The maximum absolute atomic E-state index is 12.2. The zero-order valence-corrected chi connectivity index (χ0v) is 14.4. The third kappa shape index (κ3) is 4.52. The highest BCUT2D eigenvalue weighted by Gasteiger charge is 2.14. The van der Waals surface area contributed by atoms with Crippen molar-refractivity contribution in [1.29, 1.82) is 0 Å². The molecule has 0 spiro atoms. The second-order valence-electron chi connectivity index (χ2n) is 4.06. The van der Waals surface area contributed by atoms with Crippen LogP contribution in [0.25, 0.3) is 0 Å². The smallest absolute Gasteiger partial charge is 0.261 e. The van der Waals surface area contributed by atoms with Crippen LogP contribution in [0.2, 0.25) is 0 Å². The van der Waals surface area contributed by atoms with Gasteiger partial charge in [0.25, 0.3) is 5.91 Å². The van der Waals surface area contributed by atoms with Gasteiger partial charge in [0.2, 0.25) is 0 Å². The molecule has 0 unspecified atom stereocenters. The highest BCUT2D eigenvalue weighted by Crippen LogP contribution is 2.22. The summed E-state index contributed by atoms with van der Waals surface area (Å²) in [5, 5.41) is 7.92. The van der Waals surface area contributed by atoms with E-state index in [1.807, 2.05) is 23.6 Å². The topological polar surface area (TPSA) is 50.4 Å². The SMILES string of the molecule is COc1ccc(Br)cc1C(=O)NC(=S)NCc1cccs1. The molecule has 1 aromatic carbocycles. The maximum Gasteiger partial charge on any atom is 0.261 e. The standard InChI is InChI=1S/C14H13BrN2O2S2/c1-19-12-5-4-9(15)7-11(12)13(18)17-14(20)16-8-10-3-2-6-21-10/h2-7H,8H2,1H3,(H2,16,17,18,20). The van der Waals surface area contributed by atoms with E-state index in [0.29, 0.717) is 17.9 Å². The lowest BCUT2D eigenvalue weighted by atomic mass is 10.2. The van der Waals surface area contributed by atoms with Crippen LogP contribution in [0.4, 0.5) is 0 Å². The van der Waals surface area contributed by atoms with Crippen molar-refractivity contribution in [2.45, 2.75) is 6.54 Å². The minimum atomic E-state index is -0.308. The van der Waals surface area contributed by atoms with Crippen LogP contribution in [0.15, 0.2) is 40.2 Å². The average Bonchev–Trinajstić information content (AvgIpc) is 2.98. The molecule has 2 rings (SSSR count). The van der Waals surface area contributed by atoms with Crippen LogP contribution in [-0.2, 0) is 6.54 Å². The quantitative estimate of drug-likeness (QED) is 0.793. The van der Waals surface area contributed by atoms with E-state index in [1.54, 1.807) is 23.5 Å². The number of methoxy groups -OCH3 is 1. The number of thiophene rings is 1. The molecule has 21 heavy (non-hydrogen) atoms. The Balaban J connectivity index is 1.97. The van der Waals surface area contributed by atoms with Crippen molar-refractivity contribution in [3.63, 3.8) is 0 Å². The minimum Gasteiger partial charge on any atom is -0.496 e. The van der Waals surface area contributed by atoms with E-state index in [2.05, 4.69) is 26.6 Å². The second kappa shape index (κ2) is 7.53. The maximum atomic E-state index is 12.2. The number of hydrogen-bond acceptors (Lipinski definition) is 4. The Labute approximate surface area is 140 Å². The fourth-order valence-electron chi connectivity index (χ4n) is 1.65. The number of amides is 1. The number of hydrogen-bond donors (Lipinski definition) is 2. The summed E-state index contributed by atoms with van der Waals surface area (Å²) in [6, 6.07) is 9.19. The number of halogens is 1. The number of nitrogens with one attached hydrogen (secondary N) is 2. The van der Waals surface area contributed by atoms with E-state index < -0.39 is 0 Å². The van der Waals surface area contributed by atoms with E-state index in [1.165, 1.54) is 7.11 Å². The summed E-state index contributed by atoms with van der Waals surface area (Å²) in [5.74, 6) is 0.189. The Morgan fingerprint density at radius 1 is 1.43 bits per heavy atom. The highest BCUT2D eigenvalue weighted by molar-refractivity contribution is 9.10. The first-order chi connectivity index (χ1) is 10.1. The fraction of sp³-hybridized carbons (Fsp3) is 0.143. The Kier molecular flexibility index (Phi) is 5.72. The fourth-order valence-corrected chi connectivity index (χ4v) is 2.82. The van der Waals surface area contributed by atoms with Gasteiger partial charge in [-0.25, -0.2) is 0 Å². The summed E-state index contributed by atoms with van der Waals surface area (Å²) in [6.45, 7) is 0.590. The molecule has 1 heterocycles. The molecule has 0 bridgehead atoms. The van der Waals surface area contributed by atoms with Gasteiger partial charge < -0.3 is 10.1 Å². The molecule has 2 N–H and O–H groups in total. The molecule has 0 saturated carbocycles. The van der Waals surface area contributed by atoms with E-state index in [4.69, 9.17) is 17.0 Å². The molecule has 0 fully saturated rings. The third-order valence-electron chi connectivity index (χ3n) is 2.64. The predicted molar refractivity (Wildman–Crippen MR) is 91.9 cm³/mol. The van der Waals surface area contributed by atoms with Crippen LogP contribution < -0.4 is 15.4 Å². The Hall–Kier alpha value is -1.44. The second-order valence-corrected chi connectivity index (χ2v) is 6.42. The largest absolute Gasteiger partial charge is 0.496 e. The number of thiocarbonyl (C=S) groups is 1. The number of ether oxygens (including phenoxy) is 1. The monoisotopic (exact) mass is 384 g/mol. The Morgan fingerprint density at radius 2 is 2.24 bits per heavy atom. The van der Waals surface area contributed by atoms with Gasteiger partial charge in [-0.1, -0.05) is 22.0 Å². The van der Waals surface area contributed by atoms with E-state index in [0.717, 1.165) is 9.35 Å². The van der Waals surface area contributed by atoms with E-state index in [9.17, 15) is 4.79 Å². The highest BCUT2D eigenvalue weighted by atomic mass is 79.9. The van der Waals surface area contributed by atoms with Gasteiger partial charge in [-0.2, -0.15) is 0 Å². The molecule has 7 heteroatoms. The lowest BCUT2D eigenvalue weighted by molar-refractivity contribution is 0.0973. The first-order valence-electron chi connectivity index (χ1n) is 6.05. The first kappa shape index (κ1) is 15.9. The molecule has 0 aliphatic rings. The van der Waals surface area contributed by atoms with Crippen LogP contribution in [0, 0.1) is 0 Å². The van der Waals surface area contributed by atoms with Crippen molar-refractivity contribution in [2.75, 3.05) is 7.11 Å². The van der Waals surface area contributed by atoms with Crippen LogP contribution in [0.5, 0.6) is 5.75 Å². The molecule has 0 aliphatic heterocycles. The van der Waals surface area contributed by atoms with Gasteiger partial charge >= 0.3 is 0 Å². The van der Waals surface area contributed by atoms with Gasteiger partial charge in [0.15, 0.2) is 5.11 Å². The van der Waals surface area contributed by atoms with Gasteiger partial charge in [0.05, 0.1) is 19.2 Å². The summed E-state index contributed by atoms with van der Waals surface area (Å²) in [7, 11) is 1.52. The van der Waals surface area contributed by atoms with Gasteiger partial charge in [-0.05, 0) is 41.9 Å². The molecule has 110 valence electrons. The van der Waals surface area contributed by atoms with Crippen molar-refractivity contribution in [1.82, 2.24) is 10.6 Å². The molecule has 0 aliphatic carbocycles. The lowest BCUT2D eigenvalue weighted by Gasteiger charge is -2.11. The van der Waals surface area contributed by atoms with Gasteiger partial charge in [0.1, 0.15) is 5.75 Å². The zero-order valence-electron chi connectivity index (χ0n) is 11.2. The van der Waals surface area contributed by atoms with Gasteiger partial charge in [0, 0.05) is 9.35 Å². The summed E-state index contributed by atoms with van der Waals surface area (Å²) < 4.78 is 5.98.